The number of hydrogen-bond acceptors (Lipinski definition) is 6. The Morgan fingerprint density at radius 2 is 0.892 bits per heavy atom. The van der Waals surface area contributed by atoms with Gasteiger partial charge >= 0.3 is 11.9 Å². The van der Waals surface area contributed by atoms with Crippen LogP contribution in [0.5, 0.6) is 0 Å². The topological polar surface area (TPSA) is 76.2 Å². The van der Waals surface area contributed by atoms with Crippen molar-refractivity contribution in [2.75, 3.05) is 27.2 Å². The van der Waals surface area contributed by atoms with Crippen LogP contribution in [0, 0.1) is 0 Å². The predicted molar refractivity (Wildman–Crippen MR) is 280 cm³/mol. The third kappa shape index (κ3) is 41.5. The molecule has 380 valence electrons. The molecule has 0 spiro atoms. The van der Waals surface area contributed by atoms with Crippen LogP contribution in [0.25, 0.3) is 0 Å². The summed E-state index contributed by atoms with van der Waals surface area (Å²) in [6.45, 7) is 14.5. The van der Waals surface area contributed by atoms with E-state index in [9.17, 15) is 14.4 Å². The zero-order chi connectivity index (χ0) is 47.9. The molecule has 0 saturated carbocycles. The van der Waals surface area contributed by atoms with Crippen molar-refractivity contribution in [3.63, 3.8) is 0 Å². The summed E-state index contributed by atoms with van der Waals surface area (Å²) in [7, 11) is 4.24. The Balaban J connectivity index is 5.08. The minimum atomic E-state index is -0.0279. The number of esters is 2. The molecule has 0 aromatic rings. The summed E-state index contributed by atoms with van der Waals surface area (Å²) in [5, 5.41) is 0. The molecule has 3 atom stereocenters. The summed E-state index contributed by atoms with van der Waals surface area (Å²) in [4.78, 5) is 43.9. The van der Waals surface area contributed by atoms with E-state index >= 15 is 0 Å². The minimum absolute atomic E-state index is 0.0139. The summed E-state index contributed by atoms with van der Waals surface area (Å²) in [6, 6.07) is 0.284. The van der Waals surface area contributed by atoms with Crippen molar-refractivity contribution >= 4 is 17.8 Å². The van der Waals surface area contributed by atoms with Gasteiger partial charge in [-0.15, -0.1) is 6.58 Å². The second-order valence-electron chi connectivity index (χ2n) is 19.5. The molecule has 0 aromatic heterocycles. The highest BCUT2D eigenvalue weighted by molar-refractivity contribution is 5.76. The molecule has 0 heterocycles. The van der Waals surface area contributed by atoms with Gasteiger partial charge in [0.2, 0.25) is 5.91 Å². The number of allylic oxidation sites excluding steroid dienone is 4. The third-order valence-electron chi connectivity index (χ3n) is 12.8. The molecule has 0 radical (unpaired) electrons. The van der Waals surface area contributed by atoms with Crippen LogP contribution in [0.3, 0.4) is 0 Å². The lowest BCUT2D eigenvalue weighted by atomic mass is 9.97. The van der Waals surface area contributed by atoms with Crippen molar-refractivity contribution in [2.24, 2.45) is 0 Å². The van der Waals surface area contributed by atoms with Gasteiger partial charge in [-0.05, 0) is 123 Å². The van der Waals surface area contributed by atoms with Crippen molar-refractivity contribution in [3.05, 3.63) is 37.0 Å². The Hall–Kier alpha value is -2.41. The van der Waals surface area contributed by atoms with E-state index in [1.54, 1.807) is 0 Å². The molecule has 0 aliphatic carbocycles. The maximum atomic E-state index is 13.9. The van der Waals surface area contributed by atoms with Gasteiger partial charge in [0.15, 0.2) is 0 Å². The van der Waals surface area contributed by atoms with Gasteiger partial charge in [0.25, 0.3) is 0 Å². The molecule has 3 unspecified atom stereocenters. The molecular formula is C58H108N2O5. The molecule has 0 aliphatic rings. The van der Waals surface area contributed by atoms with Crippen LogP contribution in [0.4, 0.5) is 0 Å². The fraction of sp³-hybridized carbons (Fsp3) is 0.845. The van der Waals surface area contributed by atoms with Gasteiger partial charge in [-0.1, -0.05) is 174 Å². The van der Waals surface area contributed by atoms with E-state index < -0.39 is 0 Å². The highest BCUT2D eigenvalue weighted by Gasteiger charge is 2.23. The molecule has 7 heteroatoms. The van der Waals surface area contributed by atoms with E-state index in [1.807, 2.05) is 6.08 Å². The zero-order valence-corrected chi connectivity index (χ0v) is 44.0. The number of nitrogens with zero attached hydrogens (tertiary/aromatic N) is 2. The number of unbranched alkanes of at least 4 members (excludes halogenated alkanes) is 20. The monoisotopic (exact) mass is 913 g/mol. The quantitative estimate of drug-likeness (QED) is 0.0344. The number of carbonyl (C=O) groups excluding carboxylic acids is 3. The summed E-state index contributed by atoms with van der Waals surface area (Å²) < 4.78 is 12.0. The SMILES string of the molecule is C=CCCCCC(CCCCCC)OC(=O)CCCCCCCCC(CCCCCCCCC(=O)OC(C/C=C/CCC)CCCCCC)N(CCCN(C)C)C(=O)CC/C=C/CCC. The van der Waals surface area contributed by atoms with Gasteiger partial charge in [-0.2, -0.15) is 0 Å². The second kappa shape index (κ2) is 48.1. The summed E-state index contributed by atoms with van der Waals surface area (Å²) in [5.41, 5.74) is 0. The first kappa shape index (κ1) is 62.6. The van der Waals surface area contributed by atoms with Crippen LogP contribution in [0.1, 0.15) is 272 Å². The highest BCUT2D eigenvalue weighted by Crippen LogP contribution is 2.22. The highest BCUT2D eigenvalue weighted by atomic mass is 16.5. The van der Waals surface area contributed by atoms with Gasteiger partial charge in [-0.25, -0.2) is 0 Å². The Kier molecular flexibility index (Phi) is 46.3. The lowest BCUT2D eigenvalue weighted by molar-refractivity contribution is -0.150. The van der Waals surface area contributed by atoms with Crippen molar-refractivity contribution in [1.82, 2.24) is 9.80 Å². The maximum Gasteiger partial charge on any atom is 0.306 e. The molecule has 0 aromatic carbocycles. The molecular weight excluding hydrogens is 805 g/mol. The van der Waals surface area contributed by atoms with Gasteiger partial charge in [0.1, 0.15) is 12.2 Å². The van der Waals surface area contributed by atoms with Crippen LogP contribution in [0.15, 0.2) is 37.0 Å². The third-order valence-corrected chi connectivity index (χ3v) is 12.8. The Morgan fingerprint density at radius 3 is 1.42 bits per heavy atom. The normalized spacial score (nSPS) is 13.2. The molecule has 0 bridgehead atoms. The maximum absolute atomic E-state index is 13.9. The van der Waals surface area contributed by atoms with E-state index in [-0.39, 0.29) is 30.2 Å². The van der Waals surface area contributed by atoms with E-state index in [0.29, 0.717) is 25.2 Å². The molecule has 0 saturated heterocycles. The lowest BCUT2D eigenvalue weighted by Crippen LogP contribution is -2.41. The van der Waals surface area contributed by atoms with Gasteiger partial charge in [-0.3, -0.25) is 14.4 Å². The standard InChI is InChI=1S/C58H108N2O5/c1-8-13-18-27-38-48-56(61)60(52-41-51-59(6)7)53(42-32-28-23-25-30-39-49-57(62)64-54(44-34-19-14-9-2)45-35-20-15-10-3)43-33-29-24-26-31-40-50-58(63)65-55(46-36-21-16-11-4)47-37-22-17-12-5/h9,18,21,27,36,53-55H,2,8,10-17,19-20,22-26,28-35,37-52H2,1,3-7H3/b27-18+,36-21+. The first-order chi connectivity index (χ1) is 31.7. The fourth-order valence-electron chi connectivity index (χ4n) is 8.76. The molecule has 7 nitrogen and oxygen atoms in total. The van der Waals surface area contributed by atoms with E-state index in [0.717, 1.165) is 174 Å². The smallest absolute Gasteiger partial charge is 0.306 e. The number of carbonyl (C=O) groups is 3. The first-order valence-corrected chi connectivity index (χ1v) is 28.0. The Bertz CT molecular complexity index is 1150. The van der Waals surface area contributed by atoms with Crippen molar-refractivity contribution in [3.8, 4) is 0 Å². The van der Waals surface area contributed by atoms with Crippen LogP contribution in [-0.4, -0.2) is 73.1 Å². The Labute approximate surface area is 404 Å². The Morgan fingerprint density at radius 1 is 0.446 bits per heavy atom. The number of amides is 1. The summed E-state index contributed by atoms with van der Waals surface area (Å²) >= 11 is 0. The molecule has 65 heavy (non-hydrogen) atoms. The summed E-state index contributed by atoms with van der Waals surface area (Å²) in [5.74, 6) is 0.272. The molecule has 0 rings (SSSR count). The van der Waals surface area contributed by atoms with Crippen molar-refractivity contribution in [1.29, 1.82) is 0 Å². The largest absolute Gasteiger partial charge is 0.462 e. The van der Waals surface area contributed by atoms with Crippen LogP contribution in [0.2, 0.25) is 0 Å². The van der Waals surface area contributed by atoms with E-state index in [2.05, 4.69) is 82.5 Å². The molecule has 0 fully saturated rings. The lowest BCUT2D eigenvalue weighted by Gasteiger charge is -2.33. The van der Waals surface area contributed by atoms with Gasteiger partial charge < -0.3 is 19.3 Å². The zero-order valence-electron chi connectivity index (χ0n) is 44.0. The van der Waals surface area contributed by atoms with Crippen LogP contribution in [-0.2, 0) is 23.9 Å². The molecule has 0 N–H and O–H groups in total. The molecule has 1 amide bonds. The number of rotatable bonds is 49. The second-order valence-corrected chi connectivity index (χ2v) is 19.5. The fourth-order valence-corrected chi connectivity index (χ4v) is 8.76. The first-order valence-electron chi connectivity index (χ1n) is 28.0. The molecule has 0 aliphatic heterocycles. The van der Waals surface area contributed by atoms with E-state index in [4.69, 9.17) is 9.47 Å². The number of ether oxygens (including phenoxy) is 2. The van der Waals surface area contributed by atoms with Crippen LogP contribution >= 0.6 is 0 Å². The van der Waals surface area contributed by atoms with Crippen molar-refractivity contribution < 1.29 is 23.9 Å². The van der Waals surface area contributed by atoms with Gasteiger partial charge in [0, 0.05) is 38.3 Å². The van der Waals surface area contributed by atoms with Gasteiger partial charge in [0.05, 0.1) is 0 Å². The van der Waals surface area contributed by atoms with E-state index in [1.165, 1.54) is 64.2 Å². The summed E-state index contributed by atoms with van der Waals surface area (Å²) in [6.07, 6.45) is 50.8. The average Bonchev–Trinajstić information content (AvgIpc) is 3.28. The van der Waals surface area contributed by atoms with Crippen LogP contribution < -0.4 is 0 Å². The predicted octanol–water partition coefficient (Wildman–Crippen LogP) is 16.8. The average molecular weight is 914 g/mol. The number of hydrogen-bond donors (Lipinski definition) is 0. The minimum Gasteiger partial charge on any atom is -0.462 e. The van der Waals surface area contributed by atoms with Crippen molar-refractivity contribution in [2.45, 2.75) is 290 Å².